The predicted octanol–water partition coefficient (Wildman–Crippen LogP) is 3.68. The third kappa shape index (κ3) is 5.23. The van der Waals surface area contributed by atoms with Crippen LogP contribution in [0.3, 0.4) is 0 Å². The summed E-state index contributed by atoms with van der Waals surface area (Å²) in [6, 6.07) is 9.83. The maximum absolute atomic E-state index is 13.0. The number of nitrogens with one attached hydrogen (secondary N) is 1. The van der Waals surface area contributed by atoms with Gasteiger partial charge in [0.25, 0.3) is 5.91 Å². The highest BCUT2D eigenvalue weighted by Crippen LogP contribution is 2.30. The molecule has 0 spiro atoms. The molecule has 170 valence electrons. The molecule has 2 aromatic carbocycles. The number of hydrogen-bond acceptors (Lipinski definition) is 7. The van der Waals surface area contributed by atoms with Crippen molar-refractivity contribution < 1.29 is 27.1 Å². The van der Waals surface area contributed by atoms with Crippen LogP contribution in [0.4, 0.5) is 10.1 Å². The number of halogens is 1. The van der Waals surface area contributed by atoms with Gasteiger partial charge < -0.3 is 14.8 Å². The van der Waals surface area contributed by atoms with Crippen molar-refractivity contribution in [1.29, 1.82) is 0 Å². The summed E-state index contributed by atoms with van der Waals surface area (Å²) in [5, 5.41) is 3.27. The lowest BCUT2D eigenvalue weighted by Crippen LogP contribution is -2.22. The Kier molecular flexibility index (Phi) is 7.12. The minimum absolute atomic E-state index is 0.0213. The fraction of sp³-hybridized carbons (Fsp3) is 0.238. The zero-order valence-electron chi connectivity index (χ0n) is 17.9. The molecule has 1 amide bonds. The molecule has 3 rings (SSSR count). The van der Waals surface area contributed by atoms with Crippen molar-refractivity contribution in [3.8, 4) is 11.5 Å². The van der Waals surface area contributed by atoms with Crippen LogP contribution in [0.5, 0.6) is 11.5 Å². The molecule has 0 fully saturated rings. The van der Waals surface area contributed by atoms with Crippen molar-refractivity contribution in [1.82, 2.24) is 9.29 Å². The van der Waals surface area contributed by atoms with Crippen molar-refractivity contribution in [3.63, 3.8) is 0 Å². The van der Waals surface area contributed by atoms with Crippen molar-refractivity contribution in [2.45, 2.75) is 18.4 Å². The lowest BCUT2D eigenvalue weighted by Gasteiger charge is -2.15. The average Bonchev–Trinajstić information content (AvgIpc) is 3.13. The highest BCUT2D eigenvalue weighted by molar-refractivity contribution is 7.89. The molecule has 11 heteroatoms. The second-order valence-electron chi connectivity index (χ2n) is 6.87. The van der Waals surface area contributed by atoms with E-state index in [0.29, 0.717) is 27.1 Å². The molecular weight excluding hydrogens is 457 g/mol. The number of sulfonamides is 1. The summed E-state index contributed by atoms with van der Waals surface area (Å²) in [6.45, 7) is 1.81. The molecule has 0 saturated heterocycles. The molecule has 32 heavy (non-hydrogen) atoms. The lowest BCUT2D eigenvalue weighted by atomic mass is 10.2. The molecule has 1 N–H and O–H groups in total. The number of aryl methyl sites for hydroxylation is 1. The zero-order chi connectivity index (χ0) is 23.5. The molecule has 0 radical (unpaired) electrons. The maximum atomic E-state index is 13.0. The smallest absolute Gasteiger partial charge is 0.267 e. The zero-order valence-corrected chi connectivity index (χ0v) is 19.5. The molecule has 0 aliphatic carbocycles. The fourth-order valence-electron chi connectivity index (χ4n) is 2.74. The number of thiazole rings is 1. The first-order valence-corrected chi connectivity index (χ1v) is 11.6. The van der Waals surface area contributed by atoms with Crippen LogP contribution in [0, 0.1) is 12.7 Å². The van der Waals surface area contributed by atoms with Gasteiger partial charge >= 0.3 is 0 Å². The second kappa shape index (κ2) is 9.63. The minimum Gasteiger partial charge on any atom is -0.495 e. The Bertz CT molecular complexity index is 1220. The number of carbonyl (C=O) groups excluding carboxylic acids is 1. The third-order valence-electron chi connectivity index (χ3n) is 4.42. The number of carbonyl (C=O) groups is 1. The van der Waals surface area contributed by atoms with Gasteiger partial charge in [-0.15, -0.1) is 11.3 Å². The van der Waals surface area contributed by atoms with E-state index in [1.54, 1.807) is 6.92 Å². The molecule has 1 heterocycles. The quantitative estimate of drug-likeness (QED) is 0.529. The SMILES string of the molecule is COc1ccc(S(=O)(=O)N(C)C)cc1NC(=O)c1sc(COc2ccc(F)cc2)nc1C. The summed E-state index contributed by atoms with van der Waals surface area (Å²) in [7, 11) is 0.585. The van der Waals surface area contributed by atoms with Crippen LogP contribution in [0.25, 0.3) is 0 Å². The van der Waals surface area contributed by atoms with Gasteiger partial charge in [0, 0.05) is 14.1 Å². The first kappa shape index (κ1) is 23.6. The van der Waals surface area contributed by atoms with E-state index in [4.69, 9.17) is 9.47 Å². The summed E-state index contributed by atoms with van der Waals surface area (Å²) in [5.41, 5.74) is 0.721. The van der Waals surface area contributed by atoms with Crippen LogP contribution in [0.15, 0.2) is 47.4 Å². The molecular formula is C21H22FN3O5S2. The summed E-state index contributed by atoms with van der Waals surface area (Å²) in [4.78, 5) is 17.6. The Balaban J connectivity index is 1.79. The largest absolute Gasteiger partial charge is 0.495 e. The Hall–Kier alpha value is -3.02. The molecule has 8 nitrogen and oxygen atoms in total. The molecule has 0 bridgehead atoms. The van der Waals surface area contributed by atoms with Gasteiger partial charge in [-0.05, 0) is 49.4 Å². The first-order valence-electron chi connectivity index (χ1n) is 9.38. The molecule has 0 aliphatic heterocycles. The third-order valence-corrected chi connectivity index (χ3v) is 7.36. The Morgan fingerprint density at radius 3 is 2.50 bits per heavy atom. The van der Waals surface area contributed by atoms with Gasteiger partial charge in [0.05, 0.1) is 23.4 Å². The van der Waals surface area contributed by atoms with E-state index < -0.39 is 15.9 Å². The number of aromatic nitrogens is 1. The Morgan fingerprint density at radius 1 is 1.19 bits per heavy atom. The van der Waals surface area contributed by atoms with E-state index >= 15 is 0 Å². The van der Waals surface area contributed by atoms with E-state index in [9.17, 15) is 17.6 Å². The van der Waals surface area contributed by atoms with Crippen LogP contribution >= 0.6 is 11.3 Å². The summed E-state index contributed by atoms with van der Waals surface area (Å²) in [6.07, 6.45) is 0. The van der Waals surface area contributed by atoms with Crippen LogP contribution in [-0.4, -0.2) is 44.8 Å². The van der Waals surface area contributed by atoms with Crippen LogP contribution in [0.1, 0.15) is 20.4 Å². The number of methoxy groups -OCH3 is 1. The van der Waals surface area contributed by atoms with E-state index in [2.05, 4.69) is 10.3 Å². The highest BCUT2D eigenvalue weighted by atomic mass is 32.2. The normalized spacial score (nSPS) is 11.4. The minimum atomic E-state index is -3.69. The predicted molar refractivity (Wildman–Crippen MR) is 119 cm³/mol. The number of benzene rings is 2. The Labute approximate surface area is 189 Å². The number of nitrogens with zero attached hydrogens (tertiary/aromatic N) is 2. The topological polar surface area (TPSA) is 97.8 Å². The van der Waals surface area contributed by atoms with Gasteiger partial charge in [0.2, 0.25) is 10.0 Å². The van der Waals surface area contributed by atoms with Crippen molar-refractivity contribution in [3.05, 3.63) is 63.9 Å². The molecule has 3 aromatic rings. The van der Waals surface area contributed by atoms with Gasteiger partial charge in [-0.25, -0.2) is 22.1 Å². The van der Waals surface area contributed by atoms with Crippen LogP contribution in [-0.2, 0) is 16.6 Å². The van der Waals surface area contributed by atoms with Gasteiger partial charge in [0.15, 0.2) is 0 Å². The van der Waals surface area contributed by atoms with Crippen LogP contribution < -0.4 is 14.8 Å². The molecule has 0 atom stereocenters. The first-order chi connectivity index (χ1) is 15.1. The molecule has 0 unspecified atom stereocenters. The van der Waals surface area contributed by atoms with Gasteiger partial charge in [0.1, 0.15) is 33.8 Å². The van der Waals surface area contributed by atoms with Crippen molar-refractivity contribution in [2.75, 3.05) is 26.5 Å². The van der Waals surface area contributed by atoms with Crippen LogP contribution in [0.2, 0.25) is 0 Å². The maximum Gasteiger partial charge on any atom is 0.267 e. The van der Waals surface area contributed by atoms with Gasteiger partial charge in [-0.1, -0.05) is 0 Å². The highest BCUT2D eigenvalue weighted by Gasteiger charge is 2.22. The molecule has 1 aromatic heterocycles. The summed E-state index contributed by atoms with van der Waals surface area (Å²) < 4.78 is 49.8. The van der Waals surface area contributed by atoms with Crippen molar-refractivity contribution >= 4 is 33.0 Å². The van der Waals surface area contributed by atoms with E-state index in [1.165, 1.54) is 63.7 Å². The standard InChI is InChI=1S/C21H22FN3O5S2/c1-13-20(31-19(23-13)12-30-15-7-5-14(22)6-8-15)21(26)24-17-11-16(9-10-18(17)29-4)32(27,28)25(2)3/h5-11H,12H2,1-4H3,(H,24,26). The van der Waals surface area contributed by atoms with E-state index in [0.717, 1.165) is 15.6 Å². The molecule has 0 aliphatic rings. The summed E-state index contributed by atoms with van der Waals surface area (Å²) >= 11 is 1.15. The van der Waals surface area contributed by atoms with E-state index in [-0.39, 0.29) is 23.0 Å². The molecule has 0 saturated carbocycles. The van der Waals surface area contributed by atoms with E-state index in [1.807, 2.05) is 0 Å². The second-order valence-corrected chi connectivity index (χ2v) is 10.1. The number of amides is 1. The number of ether oxygens (including phenoxy) is 2. The van der Waals surface area contributed by atoms with Gasteiger partial charge in [-0.2, -0.15) is 0 Å². The number of rotatable bonds is 8. The monoisotopic (exact) mass is 479 g/mol. The Morgan fingerprint density at radius 2 is 1.88 bits per heavy atom. The van der Waals surface area contributed by atoms with Crippen molar-refractivity contribution in [2.24, 2.45) is 0 Å². The fourth-order valence-corrected chi connectivity index (χ4v) is 4.54. The van der Waals surface area contributed by atoms with Gasteiger partial charge in [-0.3, -0.25) is 4.79 Å². The summed E-state index contributed by atoms with van der Waals surface area (Å²) in [5.74, 6) is -0.0167. The average molecular weight is 480 g/mol. The number of hydrogen-bond donors (Lipinski definition) is 1. The number of anilines is 1. The lowest BCUT2D eigenvalue weighted by molar-refractivity contribution is 0.102.